The Morgan fingerprint density at radius 3 is 2.23 bits per heavy atom. The van der Waals surface area contributed by atoms with Crippen LogP contribution in [0.25, 0.3) is 6.08 Å². The molecule has 2 aromatic carbocycles. The molecule has 0 saturated carbocycles. The first-order valence-electron chi connectivity index (χ1n) is 11.3. The molecule has 1 spiro atoms. The maximum Gasteiger partial charge on any atom is 0.269 e. The number of nitrogens with zero attached hydrogens (tertiary/aromatic N) is 3. The van der Waals surface area contributed by atoms with Crippen molar-refractivity contribution in [2.24, 2.45) is 0 Å². The van der Waals surface area contributed by atoms with Crippen molar-refractivity contribution in [2.45, 2.75) is 17.7 Å². The fraction of sp³-hybridized carbons (Fsp3) is 0.360. The van der Waals surface area contributed by atoms with E-state index in [1.165, 1.54) is 18.2 Å². The van der Waals surface area contributed by atoms with Gasteiger partial charge < -0.3 is 19.3 Å². The van der Waals surface area contributed by atoms with Crippen LogP contribution in [0.15, 0.2) is 48.5 Å². The highest BCUT2D eigenvalue weighted by molar-refractivity contribution is 8.00. The van der Waals surface area contributed by atoms with Gasteiger partial charge in [-0.05, 0) is 48.7 Å². The minimum absolute atomic E-state index is 0.00959. The van der Waals surface area contributed by atoms with Gasteiger partial charge in [-0.3, -0.25) is 19.7 Å². The summed E-state index contributed by atoms with van der Waals surface area (Å²) in [5.74, 6) is 1.80. The van der Waals surface area contributed by atoms with Crippen LogP contribution < -0.4 is 9.47 Å². The lowest BCUT2D eigenvalue weighted by Gasteiger charge is -2.44. The summed E-state index contributed by atoms with van der Waals surface area (Å²) in [7, 11) is 3.11. The maximum atomic E-state index is 13.5. The van der Waals surface area contributed by atoms with E-state index in [9.17, 15) is 19.7 Å². The topological polar surface area (TPSA) is 102 Å². The average Bonchev–Trinajstić information content (AvgIpc) is 3.29. The van der Waals surface area contributed by atoms with Gasteiger partial charge in [-0.2, -0.15) is 0 Å². The second-order valence-electron chi connectivity index (χ2n) is 8.36. The van der Waals surface area contributed by atoms with Crippen LogP contribution in [0.2, 0.25) is 0 Å². The molecular formula is C25H27N3O6S. The van der Waals surface area contributed by atoms with Crippen molar-refractivity contribution in [3.8, 4) is 11.5 Å². The van der Waals surface area contributed by atoms with Crippen LogP contribution in [-0.4, -0.2) is 71.0 Å². The second-order valence-corrected chi connectivity index (χ2v) is 9.82. The molecule has 2 aliphatic rings. The molecule has 10 heteroatoms. The third-order valence-electron chi connectivity index (χ3n) is 6.40. The van der Waals surface area contributed by atoms with Crippen molar-refractivity contribution in [3.05, 3.63) is 69.8 Å². The molecule has 35 heavy (non-hydrogen) atoms. The normalized spacial score (nSPS) is 17.1. The number of hydrogen-bond acceptors (Lipinski definition) is 7. The van der Waals surface area contributed by atoms with Gasteiger partial charge in [0, 0.05) is 55.2 Å². The van der Waals surface area contributed by atoms with E-state index in [4.69, 9.17) is 9.47 Å². The molecule has 2 saturated heterocycles. The molecule has 0 aliphatic carbocycles. The van der Waals surface area contributed by atoms with Crippen molar-refractivity contribution in [2.75, 3.05) is 39.6 Å². The van der Waals surface area contributed by atoms with E-state index in [0.29, 0.717) is 55.1 Å². The summed E-state index contributed by atoms with van der Waals surface area (Å²) in [4.78, 5) is 39.9. The van der Waals surface area contributed by atoms with E-state index in [0.717, 1.165) is 5.75 Å². The number of likely N-dealkylation sites (tertiary alicyclic amines) is 1. The summed E-state index contributed by atoms with van der Waals surface area (Å²) in [5, 5.41) is 10.8. The summed E-state index contributed by atoms with van der Waals surface area (Å²) < 4.78 is 10.6. The van der Waals surface area contributed by atoms with Gasteiger partial charge in [0.25, 0.3) is 11.6 Å². The highest BCUT2D eigenvalue weighted by atomic mass is 32.2. The SMILES string of the molecule is COc1cc(OC)cc(C(=O)N2CCSC23CCN(C(=O)C=Cc2ccc([N+](=O)[O-])cc2)CC3)c1. The number of rotatable bonds is 6. The van der Waals surface area contributed by atoms with E-state index >= 15 is 0 Å². The number of piperidine rings is 1. The van der Waals surface area contributed by atoms with Crippen LogP contribution in [-0.2, 0) is 4.79 Å². The number of nitro benzene ring substituents is 1. The number of hydrogen-bond donors (Lipinski definition) is 0. The van der Waals surface area contributed by atoms with E-state index in [2.05, 4.69) is 0 Å². The Balaban J connectivity index is 1.41. The third kappa shape index (κ3) is 5.27. The molecule has 0 atom stereocenters. The molecule has 9 nitrogen and oxygen atoms in total. The first-order valence-corrected chi connectivity index (χ1v) is 12.2. The highest BCUT2D eigenvalue weighted by Gasteiger charge is 2.47. The van der Waals surface area contributed by atoms with Crippen LogP contribution in [0.3, 0.4) is 0 Å². The van der Waals surface area contributed by atoms with Gasteiger partial charge in [-0.15, -0.1) is 11.8 Å². The summed E-state index contributed by atoms with van der Waals surface area (Å²) >= 11 is 1.78. The quantitative estimate of drug-likeness (QED) is 0.339. The van der Waals surface area contributed by atoms with Gasteiger partial charge in [-0.25, -0.2) is 0 Å². The number of ether oxygens (including phenoxy) is 2. The van der Waals surface area contributed by atoms with Crippen molar-refractivity contribution < 1.29 is 24.0 Å². The van der Waals surface area contributed by atoms with Crippen molar-refractivity contribution in [1.82, 2.24) is 9.80 Å². The Hall–Kier alpha value is -3.53. The van der Waals surface area contributed by atoms with Crippen molar-refractivity contribution >= 4 is 35.3 Å². The molecule has 0 aromatic heterocycles. The monoisotopic (exact) mass is 497 g/mol. The van der Waals surface area contributed by atoms with Gasteiger partial charge in [0.1, 0.15) is 11.5 Å². The van der Waals surface area contributed by atoms with E-state index in [-0.39, 0.29) is 22.4 Å². The second kappa shape index (κ2) is 10.4. The number of methoxy groups -OCH3 is 2. The lowest BCUT2D eigenvalue weighted by molar-refractivity contribution is -0.384. The number of non-ortho nitro benzene ring substituents is 1. The van der Waals surface area contributed by atoms with E-state index in [1.807, 2.05) is 4.90 Å². The van der Waals surface area contributed by atoms with Gasteiger partial charge in [0.15, 0.2) is 0 Å². The average molecular weight is 498 g/mol. The molecule has 2 heterocycles. The molecule has 2 amide bonds. The predicted molar refractivity (Wildman–Crippen MR) is 134 cm³/mol. The van der Waals surface area contributed by atoms with Gasteiger partial charge in [-0.1, -0.05) is 0 Å². The summed E-state index contributed by atoms with van der Waals surface area (Å²) in [5.41, 5.74) is 1.25. The Morgan fingerprint density at radius 2 is 1.66 bits per heavy atom. The molecule has 4 rings (SSSR count). The minimum Gasteiger partial charge on any atom is -0.497 e. The van der Waals surface area contributed by atoms with E-state index < -0.39 is 4.92 Å². The number of benzene rings is 2. The first kappa shape index (κ1) is 24.6. The molecule has 0 N–H and O–H groups in total. The lowest BCUT2D eigenvalue weighted by atomic mass is 10.0. The summed E-state index contributed by atoms with van der Waals surface area (Å²) in [6.45, 7) is 1.74. The fourth-order valence-corrected chi connectivity index (χ4v) is 5.91. The van der Waals surface area contributed by atoms with Gasteiger partial charge >= 0.3 is 0 Å². The van der Waals surface area contributed by atoms with Crippen LogP contribution in [0.5, 0.6) is 11.5 Å². The molecule has 2 fully saturated rings. The number of amides is 2. The predicted octanol–water partition coefficient (Wildman–Crippen LogP) is 3.83. The van der Waals surface area contributed by atoms with Gasteiger partial charge in [0.05, 0.1) is 24.0 Å². The Morgan fingerprint density at radius 1 is 1.03 bits per heavy atom. The molecule has 2 aromatic rings. The Bertz CT molecular complexity index is 1120. The largest absolute Gasteiger partial charge is 0.497 e. The highest BCUT2D eigenvalue weighted by Crippen LogP contribution is 2.45. The molecule has 0 bridgehead atoms. The molecule has 2 aliphatic heterocycles. The third-order valence-corrected chi connectivity index (χ3v) is 7.95. The zero-order valence-electron chi connectivity index (χ0n) is 19.6. The zero-order valence-corrected chi connectivity index (χ0v) is 20.5. The molecular weight excluding hydrogens is 470 g/mol. The zero-order chi connectivity index (χ0) is 25.0. The number of carbonyl (C=O) groups is 2. The number of thioether (sulfide) groups is 1. The summed E-state index contributed by atoms with van der Waals surface area (Å²) in [6.07, 6.45) is 4.52. The van der Waals surface area contributed by atoms with Crippen LogP contribution in [0.1, 0.15) is 28.8 Å². The standard InChI is InChI=1S/C25H27N3O6S/c1-33-21-15-19(16-22(17-21)34-2)24(30)27-13-14-35-25(27)9-11-26(12-10-25)23(29)8-5-18-3-6-20(7-4-18)28(31)32/h3-8,15-17H,9-14H2,1-2H3. The fourth-order valence-electron chi connectivity index (χ4n) is 4.45. The minimum atomic E-state index is -0.456. The van der Waals surface area contributed by atoms with E-state index in [1.54, 1.807) is 67.3 Å². The van der Waals surface area contributed by atoms with Gasteiger partial charge in [0.2, 0.25) is 5.91 Å². The summed E-state index contributed by atoms with van der Waals surface area (Å²) in [6, 6.07) is 11.2. The van der Waals surface area contributed by atoms with Crippen LogP contribution in [0, 0.1) is 10.1 Å². The smallest absolute Gasteiger partial charge is 0.269 e. The maximum absolute atomic E-state index is 13.5. The van der Waals surface area contributed by atoms with Crippen LogP contribution >= 0.6 is 11.8 Å². The lowest BCUT2D eigenvalue weighted by Crippen LogP contribution is -2.53. The van der Waals surface area contributed by atoms with Crippen LogP contribution in [0.4, 0.5) is 5.69 Å². The van der Waals surface area contributed by atoms with Crippen molar-refractivity contribution in [1.29, 1.82) is 0 Å². The molecule has 184 valence electrons. The Labute approximate surface area is 207 Å². The first-order chi connectivity index (χ1) is 16.8. The molecule has 0 unspecified atom stereocenters. The Kier molecular flexibility index (Phi) is 7.30. The molecule has 0 radical (unpaired) electrons. The van der Waals surface area contributed by atoms with Crippen molar-refractivity contribution in [3.63, 3.8) is 0 Å². The number of carbonyl (C=O) groups excluding carboxylic acids is 2. The number of nitro groups is 1.